The van der Waals surface area contributed by atoms with Gasteiger partial charge in [0.1, 0.15) is 5.82 Å². The molecule has 2 N–H and O–H groups in total. The van der Waals surface area contributed by atoms with Crippen LogP contribution < -0.4 is 0 Å². The van der Waals surface area contributed by atoms with E-state index in [1.165, 1.54) is 4.90 Å². The number of hydrogen-bond acceptors (Lipinski definition) is 2. The summed E-state index contributed by atoms with van der Waals surface area (Å²) in [6, 6.07) is 14.1. The summed E-state index contributed by atoms with van der Waals surface area (Å²) in [6.07, 6.45) is 0.803. The normalized spacial score (nSPS) is 17.5. The van der Waals surface area contributed by atoms with Crippen molar-refractivity contribution in [2.24, 2.45) is 0 Å². The molecular weight excluding hydrogens is 370 g/mol. The predicted molar refractivity (Wildman–Crippen MR) is 95.9 cm³/mol. The number of rotatable bonds is 2. The average molecular weight is 386 g/mol. The molecule has 4 rings (SSSR count). The molecule has 0 spiro atoms. The van der Waals surface area contributed by atoms with E-state index in [1.54, 1.807) is 0 Å². The lowest BCUT2D eigenvalue weighted by atomic mass is 10.1. The second-order valence-electron chi connectivity index (χ2n) is 5.99. The van der Waals surface area contributed by atoms with Gasteiger partial charge in [0.25, 0.3) is 0 Å². The Balaban J connectivity index is 1.71. The summed E-state index contributed by atoms with van der Waals surface area (Å²) in [6.45, 7) is 0.571. The van der Waals surface area contributed by atoms with Gasteiger partial charge in [-0.1, -0.05) is 34.1 Å². The molecule has 0 radical (unpaired) electrons. The van der Waals surface area contributed by atoms with Crippen LogP contribution in [0.3, 0.4) is 0 Å². The van der Waals surface area contributed by atoms with E-state index in [2.05, 4.69) is 44.1 Å². The van der Waals surface area contributed by atoms with Gasteiger partial charge >= 0.3 is 6.09 Å². The van der Waals surface area contributed by atoms with Gasteiger partial charge in [0.15, 0.2) is 0 Å². The summed E-state index contributed by atoms with van der Waals surface area (Å²) in [4.78, 5) is 20.8. The first-order valence-corrected chi connectivity index (χ1v) is 8.66. The fraction of sp³-hybridized carbons (Fsp3) is 0.222. The number of carbonyl (C=O) groups is 1. The van der Waals surface area contributed by atoms with Crippen LogP contribution in [-0.2, 0) is 0 Å². The molecule has 1 fully saturated rings. The molecule has 24 heavy (non-hydrogen) atoms. The van der Waals surface area contributed by atoms with Gasteiger partial charge in [-0.15, -0.1) is 0 Å². The first kappa shape index (κ1) is 15.2. The van der Waals surface area contributed by atoms with Crippen LogP contribution in [0.1, 0.15) is 24.7 Å². The molecule has 122 valence electrons. The minimum atomic E-state index is -0.881. The Kier molecular flexibility index (Phi) is 3.76. The van der Waals surface area contributed by atoms with Gasteiger partial charge in [-0.25, -0.2) is 9.78 Å². The molecule has 0 aliphatic carbocycles. The minimum Gasteiger partial charge on any atom is -0.465 e. The maximum Gasteiger partial charge on any atom is 0.407 e. The Labute approximate surface area is 147 Å². The Morgan fingerprint density at radius 1 is 1.21 bits per heavy atom. The number of halogens is 1. The second-order valence-corrected chi connectivity index (χ2v) is 6.91. The van der Waals surface area contributed by atoms with Crippen molar-refractivity contribution in [3.05, 3.63) is 52.8 Å². The summed E-state index contributed by atoms with van der Waals surface area (Å²) in [5.41, 5.74) is 4.01. The zero-order chi connectivity index (χ0) is 16.7. The van der Waals surface area contributed by atoms with E-state index in [0.717, 1.165) is 45.3 Å². The number of nitrogens with zero attached hydrogens (tertiary/aromatic N) is 2. The number of carboxylic acid groups (broad SMARTS) is 1. The molecular formula is C18H16BrN3O2. The van der Waals surface area contributed by atoms with Gasteiger partial charge in [-0.05, 0) is 48.2 Å². The lowest BCUT2D eigenvalue weighted by Crippen LogP contribution is -2.29. The van der Waals surface area contributed by atoms with Crippen molar-refractivity contribution in [3.8, 4) is 11.1 Å². The molecule has 1 saturated heterocycles. The molecule has 6 heteroatoms. The van der Waals surface area contributed by atoms with E-state index < -0.39 is 6.09 Å². The molecule has 2 heterocycles. The number of fused-ring (bicyclic) bond motifs is 1. The number of hydrogen-bond donors (Lipinski definition) is 2. The number of aromatic amines is 1. The molecule has 1 aliphatic heterocycles. The quantitative estimate of drug-likeness (QED) is 0.664. The molecule has 5 nitrogen and oxygen atoms in total. The van der Waals surface area contributed by atoms with Gasteiger partial charge in [0.2, 0.25) is 0 Å². The zero-order valence-corrected chi connectivity index (χ0v) is 14.5. The third kappa shape index (κ3) is 2.67. The molecule has 0 unspecified atom stereocenters. The summed E-state index contributed by atoms with van der Waals surface area (Å²) >= 11 is 3.45. The fourth-order valence-corrected chi connectivity index (χ4v) is 3.55. The van der Waals surface area contributed by atoms with Crippen LogP contribution in [0.2, 0.25) is 0 Å². The molecule has 1 aromatic heterocycles. The number of amides is 1. The highest BCUT2D eigenvalue weighted by atomic mass is 79.9. The maximum absolute atomic E-state index is 11.3. The number of imidazole rings is 1. The first-order chi connectivity index (χ1) is 11.6. The van der Waals surface area contributed by atoms with Gasteiger partial charge in [0, 0.05) is 11.0 Å². The Bertz CT molecular complexity index is 904. The van der Waals surface area contributed by atoms with Crippen molar-refractivity contribution in [3.63, 3.8) is 0 Å². The van der Waals surface area contributed by atoms with Gasteiger partial charge in [0.05, 0.1) is 17.1 Å². The van der Waals surface area contributed by atoms with E-state index >= 15 is 0 Å². The molecule has 1 aliphatic rings. The summed E-state index contributed by atoms with van der Waals surface area (Å²) in [7, 11) is 0. The van der Waals surface area contributed by atoms with Gasteiger partial charge < -0.3 is 10.1 Å². The largest absolute Gasteiger partial charge is 0.465 e. The summed E-state index contributed by atoms with van der Waals surface area (Å²) < 4.78 is 1.05. The lowest BCUT2D eigenvalue weighted by molar-refractivity contribution is 0.139. The second kappa shape index (κ2) is 5.94. The minimum absolute atomic E-state index is 0.175. The van der Waals surface area contributed by atoms with E-state index in [0.29, 0.717) is 6.54 Å². The molecule has 0 bridgehead atoms. The van der Waals surface area contributed by atoms with Crippen LogP contribution in [0.15, 0.2) is 46.9 Å². The number of nitrogens with one attached hydrogen (secondary N) is 1. The van der Waals surface area contributed by atoms with Crippen molar-refractivity contribution in [1.82, 2.24) is 14.9 Å². The third-order valence-corrected chi connectivity index (χ3v) is 5.02. The van der Waals surface area contributed by atoms with Crippen LogP contribution in [0.4, 0.5) is 4.79 Å². The number of benzene rings is 2. The highest BCUT2D eigenvalue weighted by molar-refractivity contribution is 9.10. The molecule has 0 saturated carbocycles. The highest BCUT2D eigenvalue weighted by Gasteiger charge is 2.31. The molecule has 2 aromatic carbocycles. The van der Waals surface area contributed by atoms with E-state index in [4.69, 9.17) is 0 Å². The average Bonchev–Trinajstić information content (AvgIpc) is 3.21. The standard InChI is InChI=1S/C18H16BrN3O2/c19-13-6-3-11(4-7-13)12-5-8-14-15(10-12)21-17(20-14)16-2-1-9-22(16)18(23)24/h3-8,10,16H,1-2,9H2,(H,20,21)(H,23,24)/t16-/m0/s1. The number of aromatic nitrogens is 2. The first-order valence-electron chi connectivity index (χ1n) is 7.87. The zero-order valence-electron chi connectivity index (χ0n) is 12.9. The van der Waals surface area contributed by atoms with Crippen LogP contribution >= 0.6 is 15.9 Å². The number of likely N-dealkylation sites (tertiary alicyclic amines) is 1. The van der Waals surface area contributed by atoms with Crippen molar-refractivity contribution in [2.75, 3.05) is 6.54 Å². The molecule has 3 aromatic rings. The van der Waals surface area contributed by atoms with Crippen LogP contribution in [0, 0.1) is 0 Å². The summed E-state index contributed by atoms with van der Waals surface area (Å²) in [5.74, 6) is 0.734. The van der Waals surface area contributed by atoms with Crippen LogP contribution in [0.5, 0.6) is 0 Å². The van der Waals surface area contributed by atoms with Crippen molar-refractivity contribution < 1.29 is 9.90 Å². The smallest absolute Gasteiger partial charge is 0.407 e. The highest BCUT2D eigenvalue weighted by Crippen LogP contribution is 2.32. The SMILES string of the molecule is O=C(O)N1CCC[C@H]1c1nc2cc(-c3ccc(Br)cc3)ccc2[nH]1. The Hall–Kier alpha value is -2.34. The van der Waals surface area contributed by atoms with E-state index in [1.807, 2.05) is 24.3 Å². The van der Waals surface area contributed by atoms with Gasteiger partial charge in [-0.3, -0.25) is 4.90 Å². The van der Waals surface area contributed by atoms with Crippen LogP contribution in [-0.4, -0.2) is 32.6 Å². The van der Waals surface area contributed by atoms with E-state index in [-0.39, 0.29) is 6.04 Å². The Morgan fingerprint density at radius 3 is 2.71 bits per heavy atom. The van der Waals surface area contributed by atoms with E-state index in [9.17, 15) is 9.90 Å². The lowest BCUT2D eigenvalue weighted by Gasteiger charge is -2.19. The van der Waals surface area contributed by atoms with Crippen molar-refractivity contribution in [1.29, 1.82) is 0 Å². The molecule has 1 amide bonds. The number of H-pyrrole nitrogens is 1. The van der Waals surface area contributed by atoms with Gasteiger partial charge in [-0.2, -0.15) is 0 Å². The fourth-order valence-electron chi connectivity index (χ4n) is 3.29. The van der Waals surface area contributed by atoms with Crippen molar-refractivity contribution >= 4 is 33.1 Å². The topological polar surface area (TPSA) is 69.2 Å². The monoisotopic (exact) mass is 385 g/mol. The molecule has 1 atom stereocenters. The predicted octanol–water partition coefficient (Wildman–Crippen LogP) is 4.81. The van der Waals surface area contributed by atoms with Crippen LogP contribution in [0.25, 0.3) is 22.2 Å². The maximum atomic E-state index is 11.3. The van der Waals surface area contributed by atoms with Crippen molar-refractivity contribution in [2.45, 2.75) is 18.9 Å². The third-order valence-electron chi connectivity index (χ3n) is 4.49. The summed E-state index contributed by atoms with van der Waals surface area (Å²) in [5, 5.41) is 9.32. The Morgan fingerprint density at radius 2 is 1.96 bits per heavy atom.